The van der Waals surface area contributed by atoms with Gasteiger partial charge < -0.3 is 15.2 Å². The normalized spacial score (nSPS) is 10.4. The molecule has 0 radical (unpaired) electrons. The lowest BCUT2D eigenvalue weighted by Crippen LogP contribution is -2.07. The molecule has 2 aromatic heterocycles. The van der Waals surface area contributed by atoms with E-state index in [-0.39, 0.29) is 0 Å². The second kappa shape index (κ2) is 6.72. The van der Waals surface area contributed by atoms with Gasteiger partial charge >= 0.3 is 0 Å². The van der Waals surface area contributed by atoms with E-state index >= 15 is 0 Å². The number of unbranched alkanes of at least 4 members (excludes halogenated alkanes) is 1. The first-order valence-electron chi connectivity index (χ1n) is 6.51. The maximum absolute atomic E-state index is 4.35. The molecule has 2 aromatic rings. The first kappa shape index (κ1) is 13.3. The third kappa shape index (κ3) is 4.24. The molecule has 102 valence electrons. The lowest BCUT2D eigenvalue weighted by molar-refractivity contribution is 0.620. The van der Waals surface area contributed by atoms with Crippen molar-refractivity contribution in [3.05, 3.63) is 30.5 Å². The monoisotopic (exact) mass is 260 g/mol. The van der Waals surface area contributed by atoms with Crippen LogP contribution in [0.2, 0.25) is 0 Å². The van der Waals surface area contributed by atoms with Crippen molar-refractivity contribution < 1.29 is 0 Å². The molecule has 0 atom stereocenters. The van der Waals surface area contributed by atoms with E-state index in [4.69, 9.17) is 0 Å². The van der Waals surface area contributed by atoms with Crippen molar-refractivity contribution in [2.75, 3.05) is 24.2 Å². The summed E-state index contributed by atoms with van der Waals surface area (Å²) >= 11 is 0. The van der Waals surface area contributed by atoms with Crippen LogP contribution in [0.5, 0.6) is 0 Å². The molecule has 19 heavy (non-hydrogen) atoms. The van der Waals surface area contributed by atoms with Crippen molar-refractivity contribution in [2.45, 2.75) is 26.3 Å². The van der Waals surface area contributed by atoms with Gasteiger partial charge in [-0.1, -0.05) is 0 Å². The second-order valence-electron chi connectivity index (χ2n) is 4.40. The minimum absolute atomic E-state index is 0.654. The zero-order valence-electron chi connectivity index (χ0n) is 11.4. The summed E-state index contributed by atoms with van der Waals surface area (Å²) in [4.78, 5) is 12.6. The zero-order valence-corrected chi connectivity index (χ0v) is 11.4. The highest BCUT2D eigenvalue weighted by atomic mass is 15.1. The molecule has 0 saturated carbocycles. The largest absolute Gasteiger partial charge is 0.370 e. The number of aromatic nitrogens is 4. The summed E-state index contributed by atoms with van der Waals surface area (Å²) in [5.41, 5.74) is 0.959. The van der Waals surface area contributed by atoms with Gasteiger partial charge in [-0.2, -0.15) is 4.98 Å². The van der Waals surface area contributed by atoms with Crippen LogP contribution in [0, 0.1) is 6.92 Å². The number of nitrogens with zero attached hydrogens (tertiary/aromatic N) is 4. The van der Waals surface area contributed by atoms with Crippen molar-refractivity contribution in [1.82, 2.24) is 19.5 Å². The first-order valence-corrected chi connectivity index (χ1v) is 6.51. The van der Waals surface area contributed by atoms with E-state index in [9.17, 15) is 0 Å². The van der Waals surface area contributed by atoms with Gasteiger partial charge in [-0.15, -0.1) is 0 Å². The summed E-state index contributed by atoms with van der Waals surface area (Å²) in [5.74, 6) is 1.53. The summed E-state index contributed by atoms with van der Waals surface area (Å²) in [7, 11) is 1.82. The van der Waals surface area contributed by atoms with Crippen LogP contribution in [0.4, 0.5) is 11.8 Å². The van der Waals surface area contributed by atoms with Crippen molar-refractivity contribution in [1.29, 1.82) is 0 Å². The van der Waals surface area contributed by atoms with Crippen LogP contribution in [-0.4, -0.2) is 33.1 Å². The Kier molecular flexibility index (Phi) is 4.72. The predicted octanol–water partition coefficient (Wildman–Crippen LogP) is 1.92. The lowest BCUT2D eigenvalue weighted by atomic mass is 10.3. The molecule has 0 saturated heterocycles. The van der Waals surface area contributed by atoms with E-state index in [1.54, 1.807) is 6.20 Å². The molecule has 0 aliphatic carbocycles. The third-order valence-electron chi connectivity index (χ3n) is 2.79. The number of anilines is 2. The van der Waals surface area contributed by atoms with Crippen LogP contribution >= 0.6 is 0 Å². The second-order valence-corrected chi connectivity index (χ2v) is 4.40. The Labute approximate surface area is 113 Å². The molecule has 6 heteroatoms. The predicted molar refractivity (Wildman–Crippen MR) is 76.3 cm³/mol. The van der Waals surface area contributed by atoms with E-state index in [1.807, 2.05) is 32.6 Å². The molecule has 0 aliphatic rings. The molecule has 0 aliphatic heterocycles. The van der Waals surface area contributed by atoms with Crippen molar-refractivity contribution in [3.63, 3.8) is 0 Å². The molecule has 0 unspecified atom stereocenters. The highest BCUT2D eigenvalue weighted by Crippen LogP contribution is 2.09. The molecular formula is C13H20N6. The summed E-state index contributed by atoms with van der Waals surface area (Å²) < 4.78 is 2.09. The standard InChI is InChI=1S/C13H20N6/c1-11-9-12(18-13(14-2)17-11)16-5-3-4-7-19-8-6-15-10-19/h6,8-10H,3-5,7H2,1-2H3,(H2,14,16,17,18). The van der Waals surface area contributed by atoms with Gasteiger partial charge in [-0.3, -0.25) is 0 Å². The summed E-state index contributed by atoms with van der Waals surface area (Å²) in [6.45, 7) is 3.88. The van der Waals surface area contributed by atoms with Gasteiger partial charge in [0.2, 0.25) is 5.95 Å². The van der Waals surface area contributed by atoms with E-state index in [0.29, 0.717) is 5.95 Å². The van der Waals surface area contributed by atoms with E-state index in [1.165, 1.54) is 0 Å². The van der Waals surface area contributed by atoms with Gasteiger partial charge in [0.05, 0.1) is 6.33 Å². The summed E-state index contributed by atoms with van der Waals surface area (Å²) in [5, 5.41) is 6.28. The smallest absolute Gasteiger partial charge is 0.224 e. The van der Waals surface area contributed by atoms with Gasteiger partial charge in [0, 0.05) is 44.3 Å². The Morgan fingerprint density at radius 3 is 2.89 bits per heavy atom. The molecule has 0 bridgehead atoms. The molecule has 0 spiro atoms. The number of nitrogens with one attached hydrogen (secondary N) is 2. The summed E-state index contributed by atoms with van der Waals surface area (Å²) in [6, 6.07) is 1.96. The molecule has 0 fully saturated rings. The van der Waals surface area contributed by atoms with Gasteiger partial charge in [-0.25, -0.2) is 9.97 Å². The fourth-order valence-corrected chi connectivity index (χ4v) is 1.83. The first-order chi connectivity index (χ1) is 9.28. The Hall–Kier alpha value is -2.11. The van der Waals surface area contributed by atoms with Crippen LogP contribution in [0.25, 0.3) is 0 Å². The highest BCUT2D eigenvalue weighted by molar-refractivity contribution is 5.41. The number of imidazole rings is 1. The average molecular weight is 260 g/mol. The van der Waals surface area contributed by atoms with Crippen LogP contribution in [0.1, 0.15) is 18.5 Å². The average Bonchev–Trinajstić information content (AvgIpc) is 2.91. The van der Waals surface area contributed by atoms with Gasteiger partial charge in [0.15, 0.2) is 0 Å². The molecule has 2 N–H and O–H groups in total. The Bertz CT molecular complexity index is 494. The Morgan fingerprint density at radius 2 is 2.16 bits per heavy atom. The zero-order chi connectivity index (χ0) is 13.5. The molecule has 2 heterocycles. The van der Waals surface area contributed by atoms with Gasteiger partial charge in [0.25, 0.3) is 0 Å². The number of hydrogen-bond acceptors (Lipinski definition) is 5. The third-order valence-corrected chi connectivity index (χ3v) is 2.79. The fourth-order valence-electron chi connectivity index (χ4n) is 1.83. The molecule has 6 nitrogen and oxygen atoms in total. The van der Waals surface area contributed by atoms with Gasteiger partial charge in [0.1, 0.15) is 5.82 Å². The Balaban J connectivity index is 1.72. The SMILES string of the molecule is CNc1nc(C)cc(NCCCCn2ccnc2)n1. The van der Waals surface area contributed by atoms with Crippen LogP contribution in [-0.2, 0) is 6.54 Å². The summed E-state index contributed by atoms with van der Waals surface area (Å²) in [6.07, 6.45) is 7.85. The van der Waals surface area contributed by atoms with Crippen LogP contribution < -0.4 is 10.6 Å². The van der Waals surface area contributed by atoms with Crippen molar-refractivity contribution in [2.24, 2.45) is 0 Å². The minimum Gasteiger partial charge on any atom is -0.370 e. The molecule has 0 aromatic carbocycles. The molecule has 2 rings (SSSR count). The Morgan fingerprint density at radius 1 is 1.26 bits per heavy atom. The number of aryl methyl sites for hydroxylation is 2. The minimum atomic E-state index is 0.654. The van der Waals surface area contributed by atoms with E-state index in [0.717, 1.165) is 37.4 Å². The quantitative estimate of drug-likeness (QED) is 0.744. The van der Waals surface area contributed by atoms with Crippen molar-refractivity contribution in [3.8, 4) is 0 Å². The maximum atomic E-state index is 4.35. The van der Waals surface area contributed by atoms with Crippen LogP contribution in [0.3, 0.4) is 0 Å². The molecule has 0 amide bonds. The number of hydrogen-bond donors (Lipinski definition) is 2. The maximum Gasteiger partial charge on any atom is 0.224 e. The fraction of sp³-hybridized carbons (Fsp3) is 0.462. The van der Waals surface area contributed by atoms with E-state index in [2.05, 4.69) is 30.2 Å². The van der Waals surface area contributed by atoms with Crippen LogP contribution in [0.15, 0.2) is 24.8 Å². The van der Waals surface area contributed by atoms with Crippen molar-refractivity contribution >= 4 is 11.8 Å². The van der Waals surface area contributed by atoms with Gasteiger partial charge in [-0.05, 0) is 19.8 Å². The highest BCUT2D eigenvalue weighted by Gasteiger charge is 1.99. The topological polar surface area (TPSA) is 67.7 Å². The lowest BCUT2D eigenvalue weighted by Gasteiger charge is -2.08. The molecular weight excluding hydrogens is 240 g/mol. The van der Waals surface area contributed by atoms with E-state index < -0.39 is 0 Å². The number of rotatable bonds is 7.